The van der Waals surface area contributed by atoms with Crippen LogP contribution in [-0.2, 0) is 0 Å². The largest absolute Gasteiger partial charge is 0.362 e. The Morgan fingerprint density at radius 2 is 2.07 bits per heavy atom. The molecular formula is C19H27N7S2. The van der Waals surface area contributed by atoms with Gasteiger partial charge in [-0.15, -0.1) is 0 Å². The number of anilines is 2. The van der Waals surface area contributed by atoms with Crippen LogP contribution in [0.25, 0.3) is 0 Å². The van der Waals surface area contributed by atoms with Crippen LogP contribution in [0.1, 0.15) is 40.0 Å². The summed E-state index contributed by atoms with van der Waals surface area (Å²) < 4.78 is 0. The van der Waals surface area contributed by atoms with E-state index in [0.29, 0.717) is 28.2 Å². The molecule has 3 rings (SSSR count). The molecule has 2 aromatic heterocycles. The Kier molecular flexibility index (Phi) is 7.38. The van der Waals surface area contributed by atoms with Gasteiger partial charge in [-0.1, -0.05) is 13.8 Å². The number of piperidine rings is 1. The molecule has 7 nitrogen and oxygen atoms in total. The summed E-state index contributed by atoms with van der Waals surface area (Å²) in [4.78, 5) is 20.3. The van der Waals surface area contributed by atoms with Crippen LogP contribution in [0.2, 0.25) is 0 Å². The van der Waals surface area contributed by atoms with E-state index in [0.717, 1.165) is 23.9 Å². The third kappa shape index (κ3) is 6.00. The van der Waals surface area contributed by atoms with Gasteiger partial charge in [0.2, 0.25) is 5.95 Å². The normalized spacial score (nSPS) is 16.9. The quantitative estimate of drug-likeness (QED) is 0.415. The first-order valence-corrected chi connectivity index (χ1v) is 10.9. The lowest BCUT2D eigenvalue weighted by molar-refractivity contribution is 0.480. The van der Waals surface area contributed by atoms with Crippen molar-refractivity contribution in [3.63, 3.8) is 0 Å². The van der Waals surface area contributed by atoms with Gasteiger partial charge in [0.25, 0.3) is 0 Å². The van der Waals surface area contributed by atoms with Crippen LogP contribution in [0.15, 0.2) is 34.7 Å². The number of nitrogens with zero attached hydrogens (tertiary/aromatic N) is 5. The van der Waals surface area contributed by atoms with Crippen LogP contribution < -0.4 is 15.5 Å². The minimum Gasteiger partial charge on any atom is -0.362 e. The minimum absolute atomic E-state index is 0.452. The van der Waals surface area contributed by atoms with E-state index >= 15 is 0 Å². The minimum atomic E-state index is 0.452. The topological polar surface area (TPSA) is 78.9 Å². The Morgan fingerprint density at radius 1 is 1.29 bits per heavy atom. The maximum absolute atomic E-state index is 5.40. The van der Waals surface area contributed by atoms with Crippen LogP contribution in [0.3, 0.4) is 0 Å². The van der Waals surface area contributed by atoms with Gasteiger partial charge in [-0.3, -0.25) is 0 Å². The van der Waals surface area contributed by atoms with Crippen molar-refractivity contribution in [3.8, 4) is 0 Å². The Labute approximate surface area is 176 Å². The van der Waals surface area contributed by atoms with Gasteiger partial charge in [-0.2, -0.15) is 4.98 Å². The van der Waals surface area contributed by atoms with Crippen molar-refractivity contribution in [2.45, 2.75) is 56.3 Å². The molecule has 9 heteroatoms. The summed E-state index contributed by atoms with van der Waals surface area (Å²) in [5, 5.41) is 8.32. The van der Waals surface area contributed by atoms with E-state index in [-0.39, 0.29) is 0 Å². The second kappa shape index (κ2) is 9.97. The van der Waals surface area contributed by atoms with Gasteiger partial charge in [0, 0.05) is 37.6 Å². The fraction of sp³-hybridized carbons (Fsp3) is 0.526. The summed E-state index contributed by atoms with van der Waals surface area (Å²) >= 11 is 6.83. The van der Waals surface area contributed by atoms with Crippen LogP contribution in [-0.4, -0.2) is 44.2 Å². The van der Waals surface area contributed by atoms with Crippen LogP contribution in [0.5, 0.6) is 0 Å². The summed E-state index contributed by atoms with van der Waals surface area (Å²) in [5.41, 5.74) is 0. The molecule has 2 aromatic rings. The third-order valence-electron chi connectivity index (χ3n) is 4.42. The van der Waals surface area contributed by atoms with E-state index in [1.807, 2.05) is 6.07 Å². The molecular weight excluding hydrogens is 390 g/mol. The van der Waals surface area contributed by atoms with Crippen molar-refractivity contribution in [3.05, 3.63) is 24.5 Å². The molecule has 0 saturated carbocycles. The molecule has 1 fully saturated rings. The number of thiocarbonyl (C=S) groups is 1. The van der Waals surface area contributed by atoms with Crippen molar-refractivity contribution >= 4 is 40.9 Å². The monoisotopic (exact) mass is 417 g/mol. The Hall–Kier alpha value is -2.00. The van der Waals surface area contributed by atoms with Gasteiger partial charge in [0.05, 0.1) is 0 Å². The summed E-state index contributed by atoms with van der Waals surface area (Å²) in [5.74, 6) is 1.91. The average Bonchev–Trinajstić information content (AvgIpc) is 2.67. The lowest BCUT2D eigenvalue weighted by Gasteiger charge is -2.34. The molecule has 3 heterocycles. The molecule has 28 heavy (non-hydrogen) atoms. The highest BCUT2D eigenvalue weighted by Crippen LogP contribution is 2.29. The molecule has 0 bridgehead atoms. The van der Waals surface area contributed by atoms with Gasteiger partial charge in [0.1, 0.15) is 10.8 Å². The van der Waals surface area contributed by atoms with Gasteiger partial charge in [-0.05, 0) is 62.2 Å². The predicted octanol–water partition coefficient (Wildman–Crippen LogP) is 3.74. The molecule has 0 amide bonds. The fourth-order valence-electron chi connectivity index (χ4n) is 2.98. The molecule has 2 N–H and O–H groups in total. The Bertz CT molecular complexity index is 785. The average molecular weight is 418 g/mol. The van der Waals surface area contributed by atoms with Crippen molar-refractivity contribution in [2.24, 2.45) is 5.92 Å². The molecule has 0 radical (unpaired) electrons. The molecule has 0 unspecified atom stereocenters. The number of aromatic nitrogens is 4. The number of rotatable bonds is 6. The fourth-order valence-corrected chi connectivity index (χ4v) is 3.87. The van der Waals surface area contributed by atoms with E-state index in [1.165, 1.54) is 31.0 Å². The van der Waals surface area contributed by atoms with Gasteiger partial charge < -0.3 is 15.5 Å². The van der Waals surface area contributed by atoms with Gasteiger partial charge in [-0.25, -0.2) is 15.0 Å². The molecule has 1 saturated heterocycles. The molecule has 1 atom stereocenters. The lowest BCUT2D eigenvalue weighted by Crippen LogP contribution is -2.38. The lowest BCUT2D eigenvalue weighted by atomic mass is 10.0. The molecule has 0 aliphatic carbocycles. The number of nitrogens with one attached hydrogen (secondary N) is 2. The van der Waals surface area contributed by atoms with E-state index in [4.69, 9.17) is 17.2 Å². The summed E-state index contributed by atoms with van der Waals surface area (Å²) in [6.45, 7) is 8.32. The molecule has 1 aliphatic rings. The zero-order valence-corrected chi connectivity index (χ0v) is 18.2. The standard InChI is InChI=1S/C19H27N7S2/c1-13(2)12-22-18(27)25-17-23-15(26-10-5-4-7-14(26)3)11-16(24-17)28-19-20-8-6-9-21-19/h6,8-9,11,13-14H,4-5,7,10,12H2,1-3H3,(H2,22,23,24,25,27)/t14-/m0/s1. The molecule has 1 aliphatic heterocycles. The first-order chi connectivity index (χ1) is 13.5. The van der Waals surface area contributed by atoms with Crippen LogP contribution in [0.4, 0.5) is 11.8 Å². The van der Waals surface area contributed by atoms with Gasteiger partial charge in [0.15, 0.2) is 10.3 Å². The smallest absolute Gasteiger partial charge is 0.232 e. The molecule has 0 spiro atoms. The zero-order valence-electron chi connectivity index (χ0n) is 16.6. The first kappa shape index (κ1) is 20.7. The van der Waals surface area contributed by atoms with E-state index in [1.54, 1.807) is 18.5 Å². The van der Waals surface area contributed by atoms with E-state index in [9.17, 15) is 0 Å². The Balaban J connectivity index is 1.83. The first-order valence-electron chi connectivity index (χ1n) is 9.66. The van der Waals surface area contributed by atoms with Gasteiger partial charge >= 0.3 is 0 Å². The van der Waals surface area contributed by atoms with Crippen molar-refractivity contribution in [1.29, 1.82) is 0 Å². The third-order valence-corrected chi connectivity index (χ3v) is 5.48. The number of hydrogen-bond acceptors (Lipinski definition) is 7. The summed E-state index contributed by atoms with van der Waals surface area (Å²) in [7, 11) is 0. The van der Waals surface area contributed by atoms with E-state index in [2.05, 4.69) is 51.3 Å². The summed E-state index contributed by atoms with van der Waals surface area (Å²) in [6, 6.07) is 4.27. The second-order valence-electron chi connectivity index (χ2n) is 7.29. The highest BCUT2D eigenvalue weighted by molar-refractivity contribution is 7.99. The Morgan fingerprint density at radius 3 is 2.79 bits per heavy atom. The molecule has 0 aromatic carbocycles. The van der Waals surface area contributed by atoms with Crippen LogP contribution >= 0.6 is 24.0 Å². The van der Waals surface area contributed by atoms with Crippen molar-refractivity contribution in [2.75, 3.05) is 23.3 Å². The molecule has 150 valence electrons. The van der Waals surface area contributed by atoms with E-state index < -0.39 is 0 Å². The van der Waals surface area contributed by atoms with Crippen LogP contribution in [0, 0.1) is 5.92 Å². The van der Waals surface area contributed by atoms with Crippen molar-refractivity contribution < 1.29 is 0 Å². The maximum atomic E-state index is 5.40. The zero-order chi connectivity index (χ0) is 19.9. The second-order valence-corrected chi connectivity index (χ2v) is 8.68. The summed E-state index contributed by atoms with van der Waals surface area (Å²) in [6.07, 6.45) is 7.07. The number of hydrogen-bond donors (Lipinski definition) is 2. The maximum Gasteiger partial charge on any atom is 0.232 e. The highest BCUT2D eigenvalue weighted by Gasteiger charge is 2.21. The SMILES string of the molecule is CC(C)CNC(=S)Nc1nc(Sc2ncccn2)cc(N2CCCC[C@@H]2C)n1. The highest BCUT2D eigenvalue weighted by atomic mass is 32.2. The predicted molar refractivity (Wildman–Crippen MR) is 118 cm³/mol. The van der Waals surface area contributed by atoms with Crippen molar-refractivity contribution in [1.82, 2.24) is 25.3 Å².